The third kappa shape index (κ3) is 2.40. The maximum Gasteiger partial charge on any atom is 0.117 e. The third-order valence-corrected chi connectivity index (χ3v) is 3.08. The van der Waals surface area contributed by atoms with Gasteiger partial charge >= 0.3 is 0 Å². The second-order valence-corrected chi connectivity index (χ2v) is 4.32. The predicted molar refractivity (Wildman–Crippen MR) is 63.3 cm³/mol. The van der Waals surface area contributed by atoms with Crippen molar-refractivity contribution in [2.24, 2.45) is 0 Å². The fourth-order valence-corrected chi connectivity index (χ4v) is 2.16. The number of H-pyrrole nitrogens is 1. The van der Waals surface area contributed by atoms with Crippen molar-refractivity contribution < 1.29 is 4.42 Å². The first-order valence-electron chi connectivity index (χ1n) is 5.89. The lowest BCUT2D eigenvalue weighted by atomic mass is 10.1. The minimum absolute atomic E-state index is 0.445. The van der Waals surface area contributed by atoms with Gasteiger partial charge in [-0.25, -0.2) is 4.98 Å². The minimum Gasteiger partial charge on any atom is -0.468 e. The van der Waals surface area contributed by atoms with E-state index in [1.165, 1.54) is 11.4 Å². The van der Waals surface area contributed by atoms with Crippen LogP contribution < -0.4 is 10.6 Å². The lowest BCUT2D eigenvalue weighted by Crippen LogP contribution is -2.42. The molecule has 0 spiro atoms. The summed E-state index contributed by atoms with van der Waals surface area (Å²) in [5, 5.41) is 6.86. The molecule has 1 aliphatic heterocycles. The lowest BCUT2D eigenvalue weighted by molar-refractivity contribution is 0.421. The molecule has 5 nitrogen and oxygen atoms in total. The Balaban J connectivity index is 1.48. The smallest absolute Gasteiger partial charge is 0.117 e. The zero-order valence-corrected chi connectivity index (χ0v) is 9.57. The molecule has 1 atom stereocenters. The fraction of sp³-hybridized carbons (Fsp3) is 0.417. The first-order chi connectivity index (χ1) is 8.42. The van der Waals surface area contributed by atoms with E-state index in [2.05, 4.69) is 20.6 Å². The largest absolute Gasteiger partial charge is 0.468 e. The van der Waals surface area contributed by atoms with Crippen molar-refractivity contribution in [2.75, 3.05) is 6.54 Å². The summed E-state index contributed by atoms with van der Waals surface area (Å²) in [7, 11) is 0. The van der Waals surface area contributed by atoms with Gasteiger partial charge in [-0.2, -0.15) is 0 Å². The topological polar surface area (TPSA) is 65.9 Å². The van der Waals surface area contributed by atoms with Gasteiger partial charge < -0.3 is 20.0 Å². The van der Waals surface area contributed by atoms with Crippen LogP contribution in [-0.4, -0.2) is 22.6 Å². The van der Waals surface area contributed by atoms with Gasteiger partial charge in [0.2, 0.25) is 0 Å². The summed E-state index contributed by atoms with van der Waals surface area (Å²) >= 11 is 0. The summed E-state index contributed by atoms with van der Waals surface area (Å²) in [5.74, 6) is 0.973. The summed E-state index contributed by atoms with van der Waals surface area (Å²) in [6.07, 6.45) is 4.45. The average molecular weight is 232 g/mol. The maximum absolute atomic E-state index is 5.27. The van der Waals surface area contributed by atoms with Gasteiger partial charge in [0.15, 0.2) is 0 Å². The molecule has 0 saturated heterocycles. The van der Waals surface area contributed by atoms with Gasteiger partial charge in [0.25, 0.3) is 0 Å². The van der Waals surface area contributed by atoms with Gasteiger partial charge in [-0.05, 0) is 12.1 Å². The highest BCUT2D eigenvalue weighted by molar-refractivity contribution is 5.15. The molecule has 5 heteroatoms. The molecular formula is C12H16N4O. The first-order valence-corrected chi connectivity index (χ1v) is 5.89. The van der Waals surface area contributed by atoms with Gasteiger partial charge in [-0.15, -0.1) is 0 Å². The lowest BCUT2D eigenvalue weighted by Gasteiger charge is -2.23. The van der Waals surface area contributed by atoms with Crippen molar-refractivity contribution in [2.45, 2.75) is 25.6 Å². The number of furan rings is 1. The van der Waals surface area contributed by atoms with Gasteiger partial charge in [-0.3, -0.25) is 0 Å². The van der Waals surface area contributed by atoms with Crippen molar-refractivity contribution in [1.29, 1.82) is 0 Å². The van der Waals surface area contributed by atoms with Gasteiger partial charge in [-0.1, -0.05) is 0 Å². The molecule has 2 aromatic heterocycles. The zero-order chi connectivity index (χ0) is 11.5. The van der Waals surface area contributed by atoms with E-state index in [0.717, 1.165) is 31.8 Å². The molecular weight excluding hydrogens is 216 g/mol. The highest BCUT2D eigenvalue weighted by Gasteiger charge is 2.19. The Morgan fingerprint density at radius 2 is 2.53 bits per heavy atom. The van der Waals surface area contributed by atoms with Crippen LogP contribution in [0.2, 0.25) is 0 Å². The van der Waals surface area contributed by atoms with E-state index in [4.69, 9.17) is 4.42 Å². The highest BCUT2D eigenvalue weighted by Crippen LogP contribution is 2.11. The number of aromatic nitrogens is 2. The molecule has 0 fully saturated rings. The molecule has 0 bridgehead atoms. The quantitative estimate of drug-likeness (QED) is 0.729. The zero-order valence-electron chi connectivity index (χ0n) is 9.57. The van der Waals surface area contributed by atoms with Crippen molar-refractivity contribution in [3.63, 3.8) is 0 Å². The van der Waals surface area contributed by atoms with E-state index in [-0.39, 0.29) is 0 Å². The highest BCUT2D eigenvalue weighted by atomic mass is 16.3. The molecule has 0 aromatic carbocycles. The van der Waals surface area contributed by atoms with Crippen LogP contribution in [0.1, 0.15) is 17.1 Å². The van der Waals surface area contributed by atoms with Crippen LogP contribution in [0.5, 0.6) is 0 Å². The summed E-state index contributed by atoms with van der Waals surface area (Å²) in [6.45, 7) is 2.58. The normalized spacial score (nSPS) is 19.2. The second-order valence-electron chi connectivity index (χ2n) is 4.32. The molecule has 90 valence electrons. The van der Waals surface area contributed by atoms with Crippen molar-refractivity contribution in [1.82, 2.24) is 20.6 Å². The number of fused-ring (bicyclic) bond motifs is 1. The molecule has 3 rings (SSSR count). The number of rotatable bonds is 4. The van der Waals surface area contributed by atoms with Crippen LogP contribution in [-0.2, 0) is 19.5 Å². The van der Waals surface area contributed by atoms with Crippen LogP contribution in [0.4, 0.5) is 0 Å². The van der Waals surface area contributed by atoms with Crippen LogP contribution in [0.15, 0.2) is 29.1 Å². The number of nitrogens with one attached hydrogen (secondary N) is 3. The summed E-state index contributed by atoms with van der Waals surface area (Å²) in [4.78, 5) is 7.47. The van der Waals surface area contributed by atoms with Crippen molar-refractivity contribution in [3.05, 3.63) is 41.9 Å². The van der Waals surface area contributed by atoms with Gasteiger partial charge in [0.1, 0.15) is 5.76 Å². The van der Waals surface area contributed by atoms with E-state index >= 15 is 0 Å². The molecule has 1 unspecified atom stereocenters. The standard InChI is InChI=1S/C12H16N4O/c1-2-10(17-3-1)6-13-5-9-4-11-12(7-14-9)16-8-15-11/h1-3,8-9,13-14H,4-7H2,(H,15,16). The third-order valence-electron chi connectivity index (χ3n) is 3.08. The number of hydrogen-bond donors (Lipinski definition) is 3. The Hall–Kier alpha value is -1.59. The number of nitrogens with zero attached hydrogens (tertiary/aromatic N) is 1. The molecule has 17 heavy (non-hydrogen) atoms. The molecule has 3 N–H and O–H groups in total. The first kappa shape index (κ1) is 10.6. The van der Waals surface area contributed by atoms with Gasteiger partial charge in [0.05, 0.1) is 30.5 Å². The van der Waals surface area contributed by atoms with E-state index in [1.54, 1.807) is 12.6 Å². The predicted octanol–water partition coefficient (Wildman–Crippen LogP) is 0.807. The minimum atomic E-state index is 0.445. The molecule has 0 saturated carbocycles. The number of imidazole rings is 1. The Labute approximate surface area is 99.6 Å². The summed E-state index contributed by atoms with van der Waals surface area (Å²) in [6, 6.07) is 4.33. The average Bonchev–Trinajstić information content (AvgIpc) is 2.98. The summed E-state index contributed by atoms with van der Waals surface area (Å²) in [5.41, 5.74) is 2.40. The molecule has 0 amide bonds. The van der Waals surface area contributed by atoms with E-state index in [0.29, 0.717) is 6.04 Å². The van der Waals surface area contributed by atoms with Crippen molar-refractivity contribution >= 4 is 0 Å². The molecule has 0 aliphatic carbocycles. The Morgan fingerprint density at radius 1 is 1.53 bits per heavy atom. The maximum atomic E-state index is 5.27. The number of hydrogen-bond acceptors (Lipinski definition) is 4. The summed E-state index contributed by atoms with van der Waals surface area (Å²) < 4.78 is 5.27. The van der Waals surface area contributed by atoms with Crippen LogP contribution in [0.3, 0.4) is 0 Å². The SMILES string of the molecule is c1coc(CNCC2Cc3nc[nH]c3CN2)c1. The van der Waals surface area contributed by atoms with Crippen LogP contribution in [0, 0.1) is 0 Å². The Kier molecular flexibility index (Phi) is 2.94. The van der Waals surface area contributed by atoms with E-state index in [1.807, 2.05) is 12.1 Å². The molecule has 2 aromatic rings. The molecule has 3 heterocycles. The Morgan fingerprint density at radius 3 is 3.41 bits per heavy atom. The van der Waals surface area contributed by atoms with E-state index in [9.17, 15) is 0 Å². The molecule has 1 aliphatic rings. The Bertz CT molecular complexity index is 463. The van der Waals surface area contributed by atoms with Crippen LogP contribution >= 0.6 is 0 Å². The molecule has 0 radical (unpaired) electrons. The fourth-order valence-electron chi connectivity index (χ4n) is 2.16. The van der Waals surface area contributed by atoms with Gasteiger partial charge in [0, 0.05) is 25.6 Å². The van der Waals surface area contributed by atoms with Crippen molar-refractivity contribution in [3.8, 4) is 0 Å². The van der Waals surface area contributed by atoms with E-state index < -0.39 is 0 Å². The second kappa shape index (κ2) is 4.73. The van der Waals surface area contributed by atoms with Crippen LogP contribution in [0.25, 0.3) is 0 Å². The monoisotopic (exact) mass is 232 g/mol. The number of aromatic amines is 1.